The van der Waals surface area contributed by atoms with E-state index in [-0.39, 0.29) is 6.29 Å². The first kappa shape index (κ1) is 16.2. The SMILES string of the molecule is COC(CC[C@H]1C=CC[C@@H](C)N1Cc1ccccc1)OC. The maximum atomic E-state index is 5.31. The molecule has 0 saturated heterocycles. The lowest BCUT2D eigenvalue weighted by atomic mass is 9.98. The summed E-state index contributed by atoms with van der Waals surface area (Å²) in [5, 5.41) is 0. The quantitative estimate of drug-likeness (QED) is 0.565. The highest BCUT2D eigenvalue weighted by Crippen LogP contribution is 2.24. The zero-order valence-electron chi connectivity index (χ0n) is 13.4. The van der Waals surface area contributed by atoms with Gasteiger partial charge in [-0.1, -0.05) is 42.5 Å². The molecule has 0 unspecified atom stereocenters. The number of ether oxygens (including phenoxy) is 2. The van der Waals surface area contributed by atoms with Crippen LogP contribution in [-0.2, 0) is 16.0 Å². The molecule has 3 heteroatoms. The summed E-state index contributed by atoms with van der Waals surface area (Å²) < 4.78 is 10.6. The lowest BCUT2D eigenvalue weighted by Gasteiger charge is -2.38. The van der Waals surface area contributed by atoms with Crippen LogP contribution in [0.1, 0.15) is 31.7 Å². The van der Waals surface area contributed by atoms with E-state index in [1.165, 1.54) is 5.56 Å². The van der Waals surface area contributed by atoms with E-state index < -0.39 is 0 Å². The van der Waals surface area contributed by atoms with Gasteiger partial charge >= 0.3 is 0 Å². The third-order valence-electron chi connectivity index (χ3n) is 4.26. The standard InChI is InChI=1S/C18H27NO2/c1-15-8-7-11-17(12-13-18(20-2)21-3)19(15)14-16-9-5-4-6-10-16/h4-7,9-11,15,17-18H,8,12-14H2,1-3H3/t15-,17-/m1/s1. The van der Waals surface area contributed by atoms with E-state index in [4.69, 9.17) is 9.47 Å². The minimum Gasteiger partial charge on any atom is -0.356 e. The van der Waals surface area contributed by atoms with Crippen molar-refractivity contribution in [2.24, 2.45) is 0 Å². The van der Waals surface area contributed by atoms with E-state index in [0.29, 0.717) is 12.1 Å². The second kappa shape index (κ2) is 8.32. The van der Waals surface area contributed by atoms with Crippen molar-refractivity contribution in [1.29, 1.82) is 0 Å². The number of nitrogens with zero attached hydrogens (tertiary/aromatic N) is 1. The van der Waals surface area contributed by atoms with Crippen molar-refractivity contribution >= 4 is 0 Å². The van der Waals surface area contributed by atoms with Gasteiger partial charge in [0.15, 0.2) is 6.29 Å². The molecule has 2 atom stereocenters. The molecule has 21 heavy (non-hydrogen) atoms. The molecule has 3 nitrogen and oxygen atoms in total. The average Bonchev–Trinajstić information content (AvgIpc) is 2.52. The third kappa shape index (κ3) is 4.67. The number of methoxy groups -OCH3 is 2. The van der Waals surface area contributed by atoms with Gasteiger partial charge in [0, 0.05) is 39.3 Å². The number of benzene rings is 1. The predicted octanol–water partition coefficient (Wildman–Crippen LogP) is 3.60. The summed E-state index contributed by atoms with van der Waals surface area (Å²) in [6, 6.07) is 11.7. The molecule has 0 N–H and O–H groups in total. The minimum atomic E-state index is -0.103. The van der Waals surface area contributed by atoms with Crippen LogP contribution in [0.25, 0.3) is 0 Å². The summed E-state index contributed by atoms with van der Waals surface area (Å²) in [6.45, 7) is 3.31. The maximum Gasteiger partial charge on any atom is 0.156 e. The molecule has 1 aromatic rings. The molecule has 0 radical (unpaired) electrons. The fourth-order valence-electron chi connectivity index (χ4n) is 2.97. The summed E-state index contributed by atoms with van der Waals surface area (Å²) in [5.41, 5.74) is 1.37. The van der Waals surface area contributed by atoms with Crippen LogP contribution in [0.2, 0.25) is 0 Å². The Morgan fingerprint density at radius 2 is 1.90 bits per heavy atom. The van der Waals surface area contributed by atoms with Crippen molar-refractivity contribution in [3.63, 3.8) is 0 Å². The molecule has 1 aliphatic heterocycles. The minimum absolute atomic E-state index is 0.103. The van der Waals surface area contributed by atoms with Crippen LogP contribution in [-0.4, -0.2) is 37.5 Å². The normalized spacial score (nSPS) is 22.9. The van der Waals surface area contributed by atoms with Crippen LogP contribution in [0.15, 0.2) is 42.5 Å². The molecule has 1 aliphatic rings. The lowest BCUT2D eigenvalue weighted by molar-refractivity contribution is -0.109. The molecule has 0 spiro atoms. The predicted molar refractivity (Wildman–Crippen MR) is 86.0 cm³/mol. The zero-order chi connectivity index (χ0) is 15.1. The molecule has 0 amide bonds. The first-order chi connectivity index (χ1) is 10.2. The highest BCUT2D eigenvalue weighted by Gasteiger charge is 2.25. The van der Waals surface area contributed by atoms with Crippen LogP contribution in [0.5, 0.6) is 0 Å². The smallest absolute Gasteiger partial charge is 0.156 e. The highest BCUT2D eigenvalue weighted by atomic mass is 16.7. The molecule has 0 fully saturated rings. The third-order valence-corrected chi connectivity index (χ3v) is 4.26. The Labute approximate surface area is 128 Å². The summed E-state index contributed by atoms with van der Waals surface area (Å²) in [5.74, 6) is 0. The molecule has 116 valence electrons. The number of hydrogen-bond acceptors (Lipinski definition) is 3. The molecular weight excluding hydrogens is 262 g/mol. The van der Waals surface area contributed by atoms with Crippen molar-refractivity contribution in [3.8, 4) is 0 Å². The largest absolute Gasteiger partial charge is 0.356 e. The van der Waals surface area contributed by atoms with Crippen molar-refractivity contribution < 1.29 is 9.47 Å². The first-order valence-corrected chi connectivity index (χ1v) is 7.76. The van der Waals surface area contributed by atoms with E-state index in [1.54, 1.807) is 14.2 Å². The van der Waals surface area contributed by atoms with Crippen molar-refractivity contribution in [3.05, 3.63) is 48.0 Å². The van der Waals surface area contributed by atoms with Crippen LogP contribution in [0.3, 0.4) is 0 Å². The van der Waals surface area contributed by atoms with Gasteiger partial charge in [-0.15, -0.1) is 0 Å². The Bertz CT molecular complexity index is 428. The first-order valence-electron chi connectivity index (χ1n) is 7.76. The Morgan fingerprint density at radius 3 is 2.57 bits per heavy atom. The van der Waals surface area contributed by atoms with Gasteiger partial charge in [0.1, 0.15) is 0 Å². The van der Waals surface area contributed by atoms with Crippen molar-refractivity contribution in [2.75, 3.05) is 14.2 Å². The summed E-state index contributed by atoms with van der Waals surface area (Å²) in [6.07, 6.45) is 7.65. The molecule has 2 rings (SSSR count). The summed E-state index contributed by atoms with van der Waals surface area (Å²) in [7, 11) is 3.41. The van der Waals surface area contributed by atoms with Crippen molar-refractivity contribution in [2.45, 2.75) is 51.1 Å². The zero-order valence-corrected chi connectivity index (χ0v) is 13.4. The molecule has 0 bridgehead atoms. The van der Waals surface area contributed by atoms with Crippen LogP contribution >= 0.6 is 0 Å². The van der Waals surface area contributed by atoms with Gasteiger partial charge in [-0.05, 0) is 25.3 Å². The molecule has 1 heterocycles. The summed E-state index contributed by atoms with van der Waals surface area (Å²) >= 11 is 0. The van der Waals surface area contributed by atoms with E-state index in [2.05, 4.69) is 54.3 Å². The van der Waals surface area contributed by atoms with Crippen molar-refractivity contribution in [1.82, 2.24) is 4.90 Å². The van der Waals surface area contributed by atoms with Crippen LogP contribution < -0.4 is 0 Å². The maximum absolute atomic E-state index is 5.31. The molecule has 0 aromatic heterocycles. The molecular formula is C18H27NO2. The topological polar surface area (TPSA) is 21.7 Å². The number of hydrogen-bond donors (Lipinski definition) is 0. The number of rotatable bonds is 7. The second-order valence-corrected chi connectivity index (χ2v) is 5.72. The van der Waals surface area contributed by atoms with E-state index in [1.807, 2.05) is 0 Å². The van der Waals surface area contributed by atoms with Crippen LogP contribution in [0, 0.1) is 0 Å². The fraction of sp³-hybridized carbons (Fsp3) is 0.556. The van der Waals surface area contributed by atoms with Gasteiger partial charge in [-0.3, -0.25) is 4.90 Å². The van der Waals surface area contributed by atoms with Gasteiger partial charge in [0.05, 0.1) is 0 Å². The average molecular weight is 289 g/mol. The van der Waals surface area contributed by atoms with Gasteiger partial charge in [-0.2, -0.15) is 0 Å². The fourth-order valence-corrected chi connectivity index (χ4v) is 2.97. The second-order valence-electron chi connectivity index (χ2n) is 5.72. The molecule has 0 saturated carbocycles. The van der Waals surface area contributed by atoms with Gasteiger partial charge in [0.25, 0.3) is 0 Å². The Morgan fingerprint density at radius 1 is 1.19 bits per heavy atom. The lowest BCUT2D eigenvalue weighted by Crippen LogP contribution is -2.42. The molecule has 0 aliphatic carbocycles. The molecule has 1 aromatic carbocycles. The van der Waals surface area contributed by atoms with E-state index >= 15 is 0 Å². The Hall–Kier alpha value is -1.16. The van der Waals surface area contributed by atoms with Crippen LogP contribution in [0.4, 0.5) is 0 Å². The monoisotopic (exact) mass is 289 g/mol. The Kier molecular flexibility index (Phi) is 6.43. The van der Waals surface area contributed by atoms with Gasteiger partial charge < -0.3 is 9.47 Å². The van der Waals surface area contributed by atoms with Gasteiger partial charge in [-0.25, -0.2) is 0 Å². The Balaban J connectivity index is 1.99. The van der Waals surface area contributed by atoms with E-state index in [9.17, 15) is 0 Å². The van der Waals surface area contributed by atoms with Gasteiger partial charge in [0.2, 0.25) is 0 Å². The highest BCUT2D eigenvalue weighted by molar-refractivity contribution is 5.16. The summed E-state index contributed by atoms with van der Waals surface area (Å²) in [4.78, 5) is 2.58. The van der Waals surface area contributed by atoms with E-state index in [0.717, 1.165) is 25.8 Å².